The average Bonchev–Trinajstić information content (AvgIpc) is 1.44. The van der Waals surface area contributed by atoms with E-state index >= 15 is 0 Å². The lowest BCUT2D eigenvalue weighted by Gasteiger charge is -2.38. The summed E-state index contributed by atoms with van der Waals surface area (Å²) in [5, 5.41) is 28.7. The summed E-state index contributed by atoms with van der Waals surface area (Å²) in [6.07, 6.45) is 0. The van der Waals surface area contributed by atoms with Crippen LogP contribution < -0.4 is 30.5 Å². The number of hydrogen-bond acceptors (Lipinski definition) is 0. The second-order valence-electron chi connectivity index (χ2n) is 31.2. The Morgan fingerprint density at radius 2 is 0.430 bits per heavy atom. The van der Waals surface area contributed by atoms with E-state index in [2.05, 4.69) is 212 Å². The third-order valence-corrected chi connectivity index (χ3v) is 28.7. The zero-order valence-electron chi connectivity index (χ0n) is 60.3. The largest absolute Gasteiger partial charge is 0.554 e. The number of nitrogens with zero attached hydrogens (tertiary/aromatic N) is 4. The van der Waals surface area contributed by atoms with Crippen LogP contribution >= 0.6 is 0 Å². The summed E-state index contributed by atoms with van der Waals surface area (Å²) in [5.41, 5.74) is 56.5. The predicted octanol–water partition coefficient (Wildman–Crippen LogP) is 17.6. The summed E-state index contributed by atoms with van der Waals surface area (Å²) in [5.74, 6) is -1.02. The van der Waals surface area contributed by atoms with Crippen LogP contribution in [0.15, 0.2) is 0 Å². The molecule has 0 radical (unpaired) electrons. The van der Waals surface area contributed by atoms with Crippen LogP contribution in [0.2, 0.25) is 0 Å². The van der Waals surface area contributed by atoms with Crippen molar-refractivity contribution in [2.45, 2.75) is 200 Å². The van der Waals surface area contributed by atoms with E-state index in [0.29, 0.717) is 0 Å². The standard InChI is InChI=1S/C89H84N4/c1-29-37(9)57-38(10)30(2)46(18)62-69(57)61(45(29)17)73-74(62)82-54(26)84-77-65-49(21)33(5)41(13)59-42(14)34(6)50(22)66(71(59)65)78(77)86-56(28)88-80-68-52(24)36(8)44(16)60-43(15)35(7)51(23)67(72(60)68)79(80)87-55(27)85-76-64-48(20)32(4)40(12)58-39(11)31(3)47(19)63(70(58)64)75(76)83-53(25)81(73)90(82)89(91(83)85,92(84)86)93(87)88/h1-28H3/q+2. The molecule has 2 aromatic heterocycles. The Morgan fingerprint density at radius 1 is 0.194 bits per heavy atom. The van der Waals surface area contributed by atoms with E-state index in [4.69, 9.17) is 0 Å². The van der Waals surface area contributed by atoms with Crippen LogP contribution in [0.1, 0.15) is 184 Å². The molecule has 0 saturated heterocycles. The maximum Gasteiger partial charge on any atom is 0.554 e. The minimum atomic E-state index is -1.02. The van der Waals surface area contributed by atoms with Crippen molar-refractivity contribution in [3.05, 3.63) is 199 Å². The van der Waals surface area contributed by atoms with Gasteiger partial charge in [0.2, 0.25) is 22.1 Å². The van der Waals surface area contributed by atoms with E-state index in [0.717, 1.165) is 0 Å². The zero-order chi connectivity index (χ0) is 65.5. The molecule has 4 nitrogen and oxygen atoms in total. The number of benzene rings is 8. The molecule has 8 heterocycles. The fourth-order valence-electron chi connectivity index (χ4n) is 22.7. The molecule has 0 amide bonds. The van der Waals surface area contributed by atoms with E-state index in [-0.39, 0.29) is 0 Å². The van der Waals surface area contributed by atoms with Crippen molar-refractivity contribution in [2.24, 2.45) is 0 Å². The van der Waals surface area contributed by atoms with Crippen molar-refractivity contribution in [3.8, 4) is 44.5 Å². The Bertz CT molecular complexity index is 6460. The Labute approximate surface area is 544 Å². The van der Waals surface area contributed by atoms with Gasteiger partial charge in [-0.15, -0.1) is 0 Å². The smallest absolute Gasteiger partial charge is 0.197 e. The van der Waals surface area contributed by atoms with Gasteiger partial charge in [-0.2, -0.15) is 9.13 Å². The Kier molecular flexibility index (Phi) is 9.32. The van der Waals surface area contributed by atoms with Crippen molar-refractivity contribution in [1.82, 2.24) is 9.13 Å². The van der Waals surface area contributed by atoms with Crippen molar-refractivity contribution >= 4 is 86.9 Å². The Morgan fingerprint density at radius 3 is 0.720 bits per heavy atom. The number of hydrogen-bond donors (Lipinski definition) is 0. The lowest BCUT2D eigenvalue weighted by Crippen LogP contribution is -2.94. The van der Waals surface area contributed by atoms with E-state index < -0.39 is 5.91 Å². The number of aryl methyl sites for hydroxylation is 12. The molecule has 0 unspecified atom stereocenters. The maximum atomic E-state index is 3.05. The number of rotatable bonds is 0. The highest BCUT2D eigenvalue weighted by Crippen LogP contribution is 2.62. The number of fused-ring (bicyclic) bond motifs is 18. The number of aromatic nitrogens is 4. The van der Waals surface area contributed by atoms with Crippen molar-refractivity contribution in [2.75, 3.05) is 0 Å². The molecule has 0 fully saturated rings. The van der Waals surface area contributed by atoms with Gasteiger partial charge in [-0.1, -0.05) is 9.13 Å². The summed E-state index contributed by atoms with van der Waals surface area (Å²) in [6.45, 7) is 68.8. The molecule has 0 N–H and O–H groups in total. The highest BCUT2D eigenvalue weighted by molar-refractivity contribution is 6.25. The van der Waals surface area contributed by atoms with Gasteiger partial charge in [0.1, 0.15) is 0 Å². The van der Waals surface area contributed by atoms with Crippen LogP contribution in [-0.4, -0.2) is 9.13 Å². The van der Waals surface area contributed by atoms with Crippen LogP contribution in [0.5, 0.6) is 0 Å². The summed E-state index contributed by atoms with van der Waals surface area (Å²) < 4.78 is 12.2. The zero-order valence-corrected chi connectivity index (χ0v) is 60.3. The fraction of sp³-hybridized carbons (Fsp3) is 0.326. The molecule has 10 aliphatic rings. The van der Waals surface area contributed by atoms with Gasteiger partial charge < -0.3 is 0 Å². The lowest BCUT2D eigenvalue weighted by molar-refractivity contribution is -1.02. The van der Waals surface area contributed by atoms with Gasteiger partial charge >= 0.3 is 5.91 Å². The minimum absolute atomic E-state index is 1.02. The third kappa shape index (κ3) is 4.91. The molecular formula is C89H84N4+2. The topological polar surface area (TPSA) is 17.6 Å². The second-order valence-corrected chi connectivity index (χ2v) is 31.2. The van der Waals surface area contributed by atoms with Crippen molar-refractivity contribution in [3.63, 3.8) is 0 Å². The Balaban J connectivity index is 1.21. The van der Waals surface area contributed by atoms with Crippen molar-refractivity contribution < 1.29 is 9.13 Å². The molecule has 10 aromatic rings. The van der Waals surface area contributed by atoms with Gasteiger partial charge in [0, 0.05) is 66.1 Å². The first-order valence-electron chi connectivity index (χ1n) is 34.7. The van der Waals surface area contributed by atoms with Crippen LogP contribution in [0, 0.1) is 187 Å². The molecular weight excluding hydrogens is 1130 g/mol. The third-order valence-electron chi connectivity index (χ3n) is 28.7. The molecule has 93 heavy (non-hydrogen) atoms. The van der Waals surface area contributed by atoms with Crippen LogP contribution in [0.4, 0.5) is 0 Å². The maximum absolute atomic E-state index is 3.05. The quantitative estimate of drug-likeness (QED) is 0.135. The van der Waals surface area contributed by atoms with Crippen LogP contribution in [0.3, 0.4) is 0 Å². The van der Waals surface area contributed by atoms with Gasteiger partial charge in [-0.25, -0.2) is 0 Å². The monoisotopic (exact) mass is 1210 g/mol. The summed E-state index contributed by atoms with van der Waals surface area (Å²) in [6, 6.07) is 0. The molecule has 8 aromatic carbocycles. The second kappa shape index (κ2) is 15.8. The van der Waals surface area contributed by atoms with Crippen LogP contribution in [0.25, 0.3) is 131 Å². The van der Waals surface area contributed by atoms with Gasteiger partial charge in [-0.05, 0) is 393 Å². The lowest BCUT2D eigenvalue weighted by atomic mass is 9.84. The molecule has 0 atom stereocenters. The molecule has 4 aliphatic carbocycles. The van der Waals surface area contributed by atoms with Gasteiger partial charge in [0.15, 0.2) is 0 Å². The molecule has 0 bridgehead atoms. The summed E-state index contributed by atoms with van der Waals surface area (Å²) >= 11 is 0. The molecule has 4 heteroatoms. The average molecular weight is 1210 g/mol. The first-order valence-corrected chi connectivity index (χ1v) is 34.7. The molecule has 6 aliphatic heterocycles. The molecule has 1 spiro atoms. The normalized spacial score (nSPS) is 15.1. The summed E-state index contributed by atoms with van der Waals surface area (Å²) in [4.78, 5) is 0. The molecule has 0 saturated carbocycles. The molecule has 20 rings (SSSR count). The SMILES string of the molecule is CC1=c2c3c(c4n2C25n6c(c7c(c6C(C)=c6c8c9c(C)c(C)c(C)c%10c(C)c(C)c(C)c(c=8c([n+]62)C=4C)c%109)-c2c(C)c(C)c(C)c4c(C)c(C)c(C)c-7c24)C(C)=c2c4c6c(C)c(C)c(C)c7c(C)c(C)c(C)c(c=4c1[n+]25)c76)-c1c(C)c(C)c(C)c2c(C)c(C)c(C)c-3c12. The van der Waals surface area contributed by atoms with Gasteiger partial charge in [0.05, 0.1) is 43.0 Å². The first-order chi connectivity index (χ1) is 44.0. The minimum Gasteiger partial charge on any atom is -0.197 e. The van der Waals surface area contributed by atoms with Gasteiger partial charge in [-0.3, -0.25) is 0 Å². The fourth-order valence-corrected chi connectivity index (χ4v) is 22.7. The molecule has 458 valence electrons. The van der Waals surface area contributed by atoms with E-state index in [1.807, 2.05) is 0 Å². The highest BCUT2D eigenvalue weighted by atomic mass is 15.6. The summed E-state index contributed by atoms with van der Waals surface area (Å²) in [7, 11) is 0. The first kappa shape index (κ1) is 54.9. The Hall–Kier alpha value is -8.60. The van der Waals surface area contributed by atoms with E-state index in [1.54, 1.807) is 0 Å². The predicted molar refractivity (Wildman–Crippen MR) is 389 cm³/mol. The van der Waals surface area contributed by atoms with Crippen molar-refractivity contribution in [1.29, 1.82) is 0 Å². The van der Waals surface area contributed by atoms with E-state index in [9.17, 15) is 0 Å². The highest BCUT2D eigenvalue weighted by Gasteiger charge is 2.72. The van der Waals surface area contributed by atoms with E-state index in [1.165, 1.54) is 330 Å². The van der Waals surface area contributed by atoms with Crippen LogP contribution in [-0.2, 0) is 5.91 Å². The van der Waals surface area contributed by atoms with Gasteiger partial charge in [0.25, 0.3) is 0 Å².